The molecule has 0 aliphatic carbocycles. The van der Waals surface area contributed by atoms with Gasteiger partial charge >= 0.3 is 0 Å². The number of methoxy groups -OCH3 is 1. The van der Waals surface area contributed by atoms with E-state index >= 15 is 0 Å². The Morgan fingerprint density at radius 2 is 2.00 bits per heavy atom. The zero-order valence-electron chi connectivity index (χ0n) is 12.0. The molecule has 0 unspecified atom stereocenters. The Balaban J connectivity index is 2.78. The molecular weight excluding hydrogens is 214 g/mol. The van der Waals surface area contributed by atoms with Crippen molar-refractivity contribution in [2.75, 3.05) is 26.8 Å². The number of hydrogen-bond donors (Lipinski definition) is 0. The Labute approximate surface area is 106 Å². The molecule has 0 aromatic heterocycles. The fourth-order valence-corrected chi connectivity index (χ4v) is 2.76. The van der Waals surface area contributed by atoms with E-state index in [0.29, 0.717) is 5.92 Å². The summed E-state index contributed by atoms with van der Waals surface area (Å²) >= 11 is 0. The van der Waals surface area contributed by atoms with Crippen molar-refractivity contribution >= 4 is 5.91 Å². The van der Waals surface area contributed by atoms with E-state index in [4.69, 9.17) is 4.74 Å². The van der Waals surface area contributed by atoms with Crippen molar-refractivity contribution in [3.63, 3.8) is 0 Å². The third kappa shape index (κ3) is 3.21. The van der Waals surface area contributed by atoms with E-state index in [1.54, 1.807) is 7.11 Å². The summed E-state index contributed by atoms with van der Waals surface area (Å²) in [6.45, 7) is 11.0. The molecule has 1 rings (SSSR count). The minimum atomic E-state index is 0.0977. The first-order chi connectivity index (χ1) is 7.93. The Hall–Kier alpha value is -0.570. The van der Waals surface area contributed by atoms with Gasteiger partial charge in [-0.25, -0.2) is 0 Å². The molecule has 1 aliphatic rings. The normalized spacial score (nSPS) is 25.7. The number of carbonyl (C=O) groups is 1. The van der Waals surface area contributed by atoms with Crippen LogP contribution in [0.3, 0.4) is 0 Å². The van der Waals surface area contributed by atoms with Crippen molar-refractivity contribution in [2.45, 2.75) is 40.5 Å². The number of amides is 1. The second kappa shape index (κ2) is 5.85. The van der Waals surface area contributed by atoms with Crippen LogP contribution < -0.4 is 0 Å². The van der Waals surface area contributed by atoms with Crippen molar-refractivity contribution in [1.82, 2.24) is 4.90 Å². The summed E-state index contributed by atoms with van der Waals surface area (Å²) in [5, 5.41) is 0. The molecule has 0 N–H and O–H groups in total. The number of nitrogens with zero attached hydrogens (tertiary/aromatic N) is 1. The van der Waals surface area contributed by atoms with Crippen molar-refractivity contribution in [2.24, 2.45) is 17.3 Å². The maximum absolute atomic E-state index is 12.1. The summed E-state index contributed by atoms with van der Waals surface area (Å²) in [6, 6.07) is 0. The van der Waals surface area contributed by atoms with Crippen molar-refractivity contribution in [1.29, 1.82) is 0 Å². The molecule has 1 fully saturated rings. The fraction of sp³-hybridized carbons (Fsp3) is 0.929. The molecule has 3 heteroatoms. The Kier molecular flexibility index (Phi) is 4.99. The minimum absolute atomic E-state index is 0.0977. The monoisotopic (exact) mass is 241 g/mol. The summed E-state index contributed by atoms with van der Waals surface area (Å²) in [6.07, 6.45) is 2.26. The lowest BCUT2D eigenvalue weighted by molar-refractivity contribution is -0.140. The smallest absolute Gasteiger partial charge is 0.225 e. The van der Waals surface area contributed by atoms with Gasteiger partial charge in [-0.05, 0) is 18.8 Å². The first-order valence-electron chi connectivity index (χ1n) is 6.70. The molecule has 0 spiro atoms. The largest absolute Gasteiger partial charge is 0.384 e. The summed E-state index contributed by atoms with van der Waals surface area (Å²) in [5.74, 6) is 0.927. The summed E-state index contributed by atoms with van der Waals surface area (Å²) < 4.78 is 5.40. The molecule has 0 saturated carbocycles. The quantitative estimate of drug-likeness (QED) is 0.757. The highest BCUT2D eigenvalue weighted by molar-refractivity contribution is 5.78. The first-order valence-corrected chi connectivity index (χ1v) is 6.70. The van der Waals surface area contributed by atoms with Gasteiger partial charge in [0.25, 0.3) is 0 Å². The maximum atomic E-state index is 12.1. The minimum Gasteiger partial charge on any atom is -0.384 e. The summed E-state index contributed by atoms with van der Waals surface area (Å²) in [4.78, 5) is 14.1. The van der Waals surface area contributed by atoms with Gasteiger partial charge in [-0.2, -0.15) is 0 Å². The molecule has 0 aromatic carbocycles. The predicted octanol–water partition coefficient (Wildman–Crippen LogP) is 2.55. The molecule has 17 heavy (non-hydrogen) atoms. The average molecular weight is 241 g/mol. The van der Waals surface area contributed by atoms with Crippen LogP contribution in [0.4, 0.5) is 0 Å². The lowest BCUT2D eigenvalue weighted by atomic mass is 9.72. The predicted molar refractivity (Wildman–Crippen MR) is 69.8 cm³/mol. The topological polar surface area (TPSA) is 29.5 Å². The van der Waals surface area contributed by atoms with Crippen LogP contribution in [0, 0.1) is 17.3 Å². The lowest BCUT2D eigenvalue weighted by Crippen LogP contribution is -2.51. The molecule has 0 bridgehead atoms. The number of piperidine rings is 1. The number of hydrogen-bond acceptors (Lipinski definition) is 2. The van der Waals surface area contributed by atoms with E-state index in [-0.39, 0.29) is 17.2 Å². The molecular formula is C14H27NO2. The van der Waals surface area contributed by atoms with Crippen LogP contribution in [-0.2, 0) is 9.53 Å². The second-order valence-electron chi connectivity index (χ2n) is 5.97. The van der Waals surface area contributed by atoms with Gasteiger partial charge in [0, 0.05) is 31.5 Å². The first kappa shape index (κ1) is 14.5. The third-order valence-electron chi connectivity index (χ3n) is 4.07. The zero-order chi connectivity index (χ0) is 13.1. The van der Waals surface area contributed by atoms with Gasteiger partial charge in [0.1, 0.15) is 0 Å². The molecule has 1 aliphatic heterocycles. The van der Waals surface area contributed by atoms with Gasteiger partial charge in [-0.1, -0.05) is 27.7 Å². The standard InChI is InChI=1S/C14H27NO2/c1-11(2)13(16)15-8-6-7-14(9-15,10-17-5)12(3)4/h11-12H,6-10H2,1-5H3/t14-/m0/s1. The van der Waals surface area contributed by atoms with E-state index in [9.17, 15) is 4.79 Å². The van der Waals surface area contributed by atoms with Crippen LogP contribution in [0.2, 0.25) is 0 Å². The zero-order valence-corrected chi connectivity index (χ0v) is 12.0. The number of ether oxygens (including phenoxy) is 1. The van der Waals surface area contributed by atoms with Crippen molar-refractivity contribution < 1.29 is 9.53 Å². The van der Waals surface area contributed by atoms with Gasteiger partial charge < -0.3 is 9.64 Å². The van der Waals surface area contributed by atoms with E-state index in [1.807, 2.05) is 18.7 Å². The molecule has 3 nitrogen and oxygen atoms in total. The van der Waals surface area contributed by atoms with E-state index in [0.717, 1.165) is 26.1 Å². The Morgan fingerprint density at radius 1 is 1.35 bits per heavy atom. The molecule has 1 amide bonds. The molecule has 0 aromatic rings. The van der Waals surface area contributed by atoms with Crippen LogP contribution in [0.5, 0.6) is 0 Å². The highest BCUT2D eigenvalue weighted by Crippen LogP contribution is 2.37. The van der Waals surface area contributed by atoms with E-state index in [2.05, 4.69) is 13.8 Å². The van der Waals surface area contributed by atoms with Crippen LogP contribution in [0.25, 0.3) is 0 Å². The number of likely N-dealkylation sites (tertiary alicyclic amines) is 1. The SMILES string of the molecule is COC[C@]1(C(C)C)CCCN(C(=O)C(C)C)C1. The second-order valence-corrected chi connectivity index (χ2v) is 5.97. The van der Waals surface area contributed by atoms with Gasteiger partial charge in [0.2, 0.25) is 5.91 Å². The van der Waals surface area contributed by atoms with Gasteiger partial charge in [0.05, 0.1) is 6.61 Å². The lowest BCUT2D eigenvalue weighted by Gasteiger charge is -2.45. The van der Waals surface area contributed by atoms with E-state index in [1.165, 1.54) is 6.42 Å². The highest BCUT2D eigenvalue weighted by atomic mass is 16.5. The molecule has 1 atom stereocenters. The Bertz CT molecular complexity index is 259. The Morgan fingerprint density at radius 3 is 2.47 bits per heavy atom. The van der Waals surface area contributed by atoms with Crippen molar-refractivity contribution in [3.8, 4) is 0 Å². The highest BCUT2D eigenvalue weighted by Gasteiger charge is 2.39. The van der Waals surface area contributed by atoms with Gasteiger partial charge in [0.15, 0.2) is 0 Å². The van der Waals surface area contributed by atoms with E-state index < -0.39 is 0 Å². The van der Waals surface area contributed by atoms with Crippen LogP contribution in [0.15, 0.2) is 0 Å². The average Bonchev–Trinajstić information content (AvgIpc) is 2.28. The van der Waals surface area contributed by atoms with Crippen LogP contribution in [-0.4, -0.2) is 37.6 Å². The summed E-state index contributed by atoms with van der Waals surface area (Å²) in [5.41, 5.74) is 0.150. The van der Waals surface area contributed by atoms with Gasteiger partial charge in [-0.3, -0.25) is 4.79 Å². The van der Waals surface area contributed by atoms with Crippen LogP contribution >= 0.6 is 0 Å². The third-order valence-corrected chi connectivity index (χ3v) is 4.07. The van der Waals surface area contributed by atoms with Crippen LogP contribution in [0.1, 0.15) is 40.5 Å². The maximum Gasteiger partial charge on any atom is 0.225 e. The fourth-order valence-electron chi connectivity index (χ4n) is 2.76. The van der Waals surface area contributed by atoms with Crippen molar-refractivity contribution in [3.05, 3.63) is 0 Å². The summed E-state index contributed by atoms with van der Waals surface area (Å²) in [7, 11) is 1.76. The van der Waals surface area contributed by atoms with Gasteiger partial charge in [-0.15, -0.1) is 0 Å². The molecule has 100 valence electrons. The number of carbonyl (C=O) groups excluding carboxylic acids is 1. The number of rotatable bonds is 4. The molecule has 1 saturated heterocycles. The molecule has 1 heterocycles. The molecule has 0 radical (unpaired) electrons.